The summed E-state index contributed by atoms with van der Waals surface area (Å²) in [5.74, 6) is -0.210. The number of benzene rings is 2. The average molecular weight is 319 g/mol. The van der Waals surface area contributed by atoms with Crippen LogP contribution in [0.5, 0.6) is 0 Å². The van der Waals surface area contributed by atoms with E-state index >= 15 is 0 Å². The van der Waals surface area contributed by atoms with E-state index < -0.39 is 0 Å². The van der Waals surface area contributed by atoms with Gasteiger partial charge in [0.05, 0.1) is 0 Å². The van der Waals surface area contributed by atoms with Gasteiger partial charge in [-0.25, -0.2) is 0 Å². The number of carbonyl (C=O) groups excluding carboxylic acids is 1. The van der Waals surface area contributed by atoms with E-state index in [2.05, 4.69) is 5.32 Å². The van der Waals surface area contributed by atoms with Crippen LogP contribution in [-0.2, 0) is 0 Å². The summed E-state index contributed by atoms with van der Waals surface area (Å²) in [6.45, 7) is 3.72. The van der Waals surface area contributed by atoms with Crippen molar-refractivity contribution in [1.29, 1.82) is 0 Å². The molecule has 0 radical (unpaired) electrons. The molecule has 0 unspecified atom stereocenters. The maximum Gasteiger partial charge on any atom is 0.255 e. The smallest absolute Gasteiger partial charge is 0.255 e. The van der Waals surface area contributed by atoms with Crippen LogP contribution in [0.1, 0.15) is 27.0 Å². The molecule has 0 aromatic heterocycles. The van der Waals surface area contributed by atoms with Crippen molar-refractivity contribution in [2.45, 2.75) is 13.8 Å². The lowest BCUT2D eigenvalue weighted by atomic mass is 10.1. The Bertz CT molecular complexity index is 728. The van der Waals surface area contributed by atoms with Gasteiger partial charge in [0, 0.05) is 21.8 Å². The zero-order valence-electron chi connectivity index (χ0n) is 11.7. The number of nitrogens with one attached hydrogen (secondary N) is 1. The number of hydrogen-bond donors (Lipinski definition) is 2. The SMILES string of the molecule is Cc1ccc(C(N)=S)cc1NC(=O)c1cccc(Cl)c1C. The summed E-state index contributed by atoms with van der Waals surface area (Å²) >= 11 is 11.0. The van der Waals surface area contributed by atoms with E-state index in [4.69, 9.17) is 29.6 Å². The molecule has 0 heterocycles. The van der Waals surface area contributed by atoms with Gasteiger partial charge >= 0.3 is 0 Å². The molecule has 0 aliphatic carbocycles. The first-order valence-electron chi connectivity index (χ1n) is 6.37. The minimum atomic E-state index is -0.210. The van der Waals surface area contributed by atoms with E-state index in [1.54, 1.807) is 24.3 Å². The van der Waals surface area contributed by atoms with Crippen LogP contribution in [0.3, 0.4) is 0 Å². The molecule has 0 saturated carbocycles. The lowest BCUT2D eigenvalue weighted by Crippen LogP contribution is -2.16. The number of anilines is 1. The Morgan fingerprint density at radius 3 is 2.62 bits per heavy atom. The Morgan fingerprint density at radius 1 is 1.24 bits per heavy atom. The third-order valence-electron chi connectivity index (χ3n) is 3.28. The first kappa shape index (κ1) is 15.5. The van der Waals surface area contributed by atoms with Gasteiger partial charge in [0.25, 0.3) is 5.91 Å². The molecule has 3 N–H and O–H groups in total. The van der Waals surface area contributed by atoms with E-state index in [9.17, 15) is 4.79 Å². The largest absolute Gasteiger partial charge is 0.389 e. The zero-order valence-corrected chi connectivity index (χ0v) is 13.3. The average Bonchev–Trinajstić information content (AvgIpc) is 2.43. The summed E-state index contributed by atoms with van der Waals surface area (Å²) in [6.07, 6.45) is 0. The Kier molecular flexibility index (Phi) is 4.60. The van der Waals surface area contributed by atoms with Crippen molar-refractivity contribution in [1.82, 2.24) is 0 Å². The van der Waals surface area contributed by atoms with Gasteiger partial charge < -0.3 is 11.1 Å². The van der Waals surface area contributed by atoms with E-state index in [1.807, 2.05) is 26.0 Å². The van der Waals surface area contributed by atoms with Crippen LogP contribution in [0, 0.1) is 13.8 Å². The summed E-state index contributed by atoms with van der Waals surface area (Å²) in [7, 11) is 0. The third-order valence-corrected chi connectivity index (χ3v) is 3.93. The van der Waals surface area contributed by atoms with Crippen LogP contribution >= 0.6 is 23.8 Å². The van der Waals surface area contributed by atoms with Gasteiger partial charge in [-0.05, 0) is 43.2 Å². The third kappa shape index (κ3) is 3.40. The molecule has 2 aromatic rings. The number of hydrogen-bond acceptors (Lipinski definition) is 2. The van der Waals surface area contributed by atoms with Crippen molar-refractivity contribution >= 4 is 40.4 Å². The molecule has 2 rings (SSSR count). The highest BCUT2D eigenvalue weighted by molar-refractivity contribution is 7.80. The highest BCUT2D eigenvalue weighted by atomic mass is 35.5. The second-order valence-electron chi connectivity index (χ2n) is 4.76. The van der Waals surface area contributed by atoms with Crippen molar-refractivity contribution in [3.05, 3.63) is 63.7 Å². The number of halogens is 1. The Balaban J connectivity index is 2.33. The normalized spacial score (nSPS) is 10.2. The molecular formula is C16H15ClN2OS. The van der Waals surface area contributed by atoms with E-state index in [-0.39, 0.29) is 5.91 Å². The Morgan fingerprint density at radius 2 is 1.95 bits per heavy atom. The highest BCUT2D eigenvalue weighted by Crippen LogP contribution is 2.22. The second kappa shape index (κ2) is 6.24. The molecular weight excluding hydrogens is 304 g/mol. The predicted octanol–water partition coefficient (Wildman–Crippen LogP) is 3.84. The molecule has 2 aromatic carbocycles. The summed E-state index contributed by atoms with van der Waals surface area (Å²) in [4.78, 5) is 12.7. The van der Waals surface area contributed by atoms with Crippen molar-refractivity contribution in [2.24, 2.45) is 5.73 Å². The number of thiocarbonyl (C=S) groups is 1. The number of amides is 1. The van der Waals surface area contributed by atoms with Crippen molar-refractivity contribution in [3.63, 3.8) is 0 Å². The van der Waals surface area contributed by atoms with Crippen LogP contribution in [0.4, 0.5) is 5.69 Å². The molecule has 0 spiro atoms. The quantitative estimate of drug-likeness (QED) is 0.845. The van der Waals surface area contributed by atoms with E-state index in [0.717, 1.165) is 11.1 Å². The molecule has 0 fully saturated rings. The molecule has 5 heteroatoms. The lowest BCUT2D eigenvalue weighted by molar-refractivity contribution is 0.102. The first-order chi connectivity index (χ1) is 9.90. The van der Waals surface area contributed by atoms with Gasteiger partial charge in [0.2, 0.25) is 0 Å². The molecule has 0 saturated heterocycles. The fourth-order valence-corrected chi connectivity index (χ4v) is 2.25. The van der Waals surface area contributed by atoms with Gasteiger partial charge in [-0.1, -0.05) is 42.0 Å². The molecule has 0 atom stereocenters. The number of rotatable bonds is 3. The standard InChI is InChI=1S/C16H15ClN2OS/c1-9-6-7-11(15(18)21)8-14(9)19-16(20)12-4-3-5-13(17)10(12)2/h3-8H,1-2H3,(H2,18,21)(H,19,20). The molecule has 108 valence electrons. The molecule has 3 nitrogen and oxygen atoms in total. The summed E-state index contributed by atoms with van der Waals surface area (Å²) < 4.78 is 0. The molecule has 0 aliphatic heterocycles. The number of carbonyl (C=O) groups is 1. The Labute approximate surface area is 134 Å². The summed E-state index contributed by atoms with van der Waals surface area (Å²) in [5.41, 5.74) is 9.25. The minimum Gasteiger partial charge on any atom is -0.389 e. The van der Waals surface area contributed by atoms with E-state index in [1.165, 1.54) is 0 Å². The second-order valence-corrected chi connectivity index (χ2v) is 5.61. The highest BCUT2D eigenvalue weighted by Gasteiger charge is 2.12. The number of nitrogens with two attached hydrogens (primary N) is 1. The lowest BCUT2D eigenvalue weighted by Gasteiger charge is -2.12. The first-order valence-corrected chi connectivity index (χ1v) is 7.15. The Hall–Kier alpha value is -1.91. The minimum absolute atomic E-state index is 0.210. The van der Waals surface area contributed by atoms with Crippen LogP contribution in [0.2, 0.25) is 5.02 Å². The van der Waals surface area contributed by atoms with Crippen LogP contribution in [0.15, 0.2) is 36.4 Å². The maximum atomic E-state index is 12.4. The molecule has 0 aliphatic rings. The zero-order chi connectivity index (χ0) is 15.6. The topological polar surface area (TPSA) is 55.1 Å². The van der Waals surface area contributed by atoms with Crippen LogP contribution < -0.4 is 11.1 Å². The molecule has 0 bridgehead atoms. The number of aryl methyl sites for hydroxylation is 1. The van der Waals surface area contributed by atoms with E-state index in [0.29, 0.717) is 26.8 Å². The molecule has 21 heavy (non-hydrogen) atoms. The van der Waals surface area contributed by atoms with Gasteiger partial charge in [0.15, 0.2) is 0 Å². The maximum absolute atomic E-state index is 12.4. The monoisotopic (exact) mass is 318 g/mol. The van der Waals surface area contributed by atoms with Crippen molar-refractivity contribution in [2.75, 3.05) is 5.32 Å². The van der Waals surface area contributed by atoms with Gasteiger partial charge in [-0.15, -0.1) is 0 Å². The van der Waals surface area contributed by atoms with Crippen molar-refractivity contribution < 1.29 is 4.79 Å². The fourth-order valence-electron chi connectivity index (χ4n) is 1.95. The van der Waals surface area contributed by atoms with Crippen LogP contribution in [-0.4, -0.2) is 10.9 Å². The summed E-state index contributed by atoms with van der Waals surface area (Å²) in [6, 6.07) is 10.7. The van der Waals surface area contributed by atoms with Gasteiger partial charge in [-0.3, -0.25) is 4.79 Å². The van der Waals surface area contributed by atoms with Crippen molar-refractivity contribution in [3.8, 4) is 0 Å². The predicted molar refractivity (Wildman–Crippen MR) is 91.2 cm³/mol. The fraction of sp³-hybridized carbons (Fsp3) is 0.125. The van der Waals surface area contributed by atoms with Gasteiger partial charge in [-0.2, -0.15) is 0 Å². The van der Waals surface area contributed by atoms with Gasteiger partial charge in [0.1, 0.15) is 4.99 Å². The molecule has 1 amide bonds. The van der Waals surface area contributed by atoms with Crippen LogP contribution in [0.25, 0.3) is 0 Å². The summed E-state index contributed by atoms with van der Waals surface area (Å²) in [5, 5.41) is 3.44.